The third kappa shape index (κ3) is 3.46. The second-order valence-corrected chi connectivity index (χ2v) is 3.81. The molecule has 1 heterocycles. The fourth-order valence-electron chi connectivity index (χ4n) is 1.72. The summed E-state index contributed by atoms with van der Waals surface area (Å²) in [6.45, 7) is 5.31. The van der Waals surface area contributed by atoms with Gasteiger partial charge in [-0.3, -0.25) is 10.2 Å². The molecular formula is C12H18N2O6. The van der Waals surface area contributed by atoms with Crippen LogP contribution in [0.1, 0.15) is 20.8 Å². The molecule has 0 fully saturated rings. The van der Waals surface area contributed by atoms with Gasteiger partial charge in [-0.05, 0) is 20.8 Å². The zero-order valence-corrected chi connectivity index (χ0v) is 11.7. The molecule has 0 radical (unpaired) electrons. The van der Waals surface area contributed by atoms with E-state index in [-0.39, 0.29) is 25.5 Å². The fourth-order valence-corrected chi connectivity index (χ4v) is 1.72. The Kier molecular flexibility index (Phi) is 5.95. The first-order valence-electron chi connectivity index (χ1n) is 6.40. The van der Waals surface area contributed by atoms with E-state index >= 15 is 0 Å². The average molecular weight is 286 g/mol. The summed E-state index contributed by atoms with van der Waals surface area (Å²) in [6.07, 6.45) is 0. The van der Waals surface area contributed by atoms with Crippen molar-refractivity contribution in [2.45, 2.75) is 26.8 Å². The van der Waals surface area contributed by atoms with E-state index in [1.165, 1.54) is 0 Å². The highest BCUT2D eigenvalue weighted by Gasteiger charge is 2.47. The standard InChI is InChI=1S/C12H18N2O6/c1-4-18-10(15)7-8(11(16)19-5-2)13-14-9(7)12(17)20-6-3/h7-8,13H,4-6H2,1-3H3/t7-,8+/m0/s1. The normalized spacial score (nSPS) is 20.6. The molecule has 0 aromatic rings. The molecule has 0 aromatic carbocycles. The highest BCUT2D eigenvalue weighted by atomic mass is 16.5. The first-order chi connectivity index (χ1) is 9.56. The molecule has 20 heavy (non-hydrogen) atoms. The molecule has 1 aliphatic heterocycles. The molecule has 112 valence electrons. The minimum Gasteiger partial charge on any atom is -0.465 e. The maximum atomic E-state index is 11.9. The van der Waals surface area contributed by atoms with Crippen LogP contribution >= 0.6 is 0 Å². The van der Waals surface area contributed by atoms with Gasteiger partial charge in [-0.2, -0.15) is 5.10 Å². The van der Waals surface area contributed by atoms with Crippen molar-refractivity contribution in [3.05, 3.63) is 0 Å². The van der Waals surface area contributed by atoms with Gasteiger partial charge >= 0.3 is 17.9 Å². The summed E-state index contributed by atoms with van der Waals surface area (Å²) in [5, 5.41) is 3.71. The van der Waals surface area contributed by atoms with Gasteiger partial charge in [-0.15, -0.1) is 0 Å². The van der Waals surface area contributed by atoms with Gasteiger partial charge in [-0.1, -0.05) is 0 Å². The van der Waals surface area contributed by atoms with Crippen LogP contribution in [0.15, 0.2) is 5.10 Å². The van der Waals surface area contributed by atoms with E-state index in [2.05, 4.69) is 10.5 Å². The topological polar surface area (TPSA) is 103 Å². The molecular weight excluding hydrogens is 268 g/mol. The van der Waals surface area contributed by atoms with Gasteiger partial charge in [0, 0.05) is 0 Å². The van der Waals surface area contributed by atoms with Crippen LogP contribution in [0.2, 0.25) is 0 Å². The van der Waals surface area contributed by atoms with Gasteiger partial charge in [0.2, 0.25) is 0 Å². The number of nitrogens with one attached hydrogen (secondary N) is 1. The predicted molar refractivity (Wildman–Crippen MR) is 67.7 cm³/mol. The Bertz CT molecular complexity index is 420. The Labute approximate surface area is 116 Å². The summed E-state index contributed by atoms with van der Waals surface area (Å²) in [6, 6.07) is -1.08. The number of ether oxygens (including phenoxy) is 3. The van der Waals surface area contributed by atoms with Crippen LogP contribution in [0.25, 0.3) is 0 Å². The number of hydrogen-bond acceptors (Lipinski definition) is 8. The summed E-state index contributed by atoms with van der Waals surface area (Å²) in [4.78, 5) is 35.4. The van der Waals surface area contributed by atoms with Crippen molar-refractivity contribution in [1.82, 2.24) is 5.43 Å². The van der Waals surface area contributed by atoms with E-state index in [9.17, 15) is 14.4 Å². The van der Waals surface area contributed by atoms with Crippen LogP contribution in [0.3, 0.4) is 0 Å². The molecule has 0 saturated carbocycles. The van der Waals surface area contributed by atoms with Crippen LogP contribution < -0.4 is 5.43 Å². The van der Waals surface area contributed by atoms with Crippen molar-refractivity contribution < 1.29 is 28.6 Å². The molecule has 0 bridgehead atoms. The second kappa shape index (κ2) is 7.46. The Morgan fingerprint density at radius 3 is 2.10 bits per heavy atom. The van der Waals surface area contributed by atoms with Crippen LogP contribution in [-0.2, 0) is 28.6 Å². The first kappa shape index (κ1) is 15.9. The van der Waals surface area contributed by atoms with Crippen LogP contribution in [-0.4, -0.2) is 49.5 Å². The number of carbonyl (C=O) groups is 3. The summed E-state index contributed by atoms with van der Waals surface area (Å²) >= 11 is 0. The van der Waals surface area contributed by atoms with Crippen molar-refractivity contribution in [3.63, 3.8) is 0 Å². The zero-order valence-electron chi connectivity index (χ0n) is 11.7. The highest BCUT2D eigenvalue weighted by molar-refractivity contribution is 6.42. The number of carbonyl (C=O) groups excluding carboxylic acids is 3. The Morgan fingerprint density at radius 1 is 1.00 bits per heavy atom. The quantitative estimate of drug-likeness (QED) is 0.524. The Hall–Kier alpha value is -2.12. The van der Waals surface area contributed by atoms with E-state index < -0.39 is 29.9 Å². The average Bonchev–Trinajstić information content (AvgIpc) is 2.84. The van der Waals surface area contributed by atoms with Crippen LogP contribution in [0.5, 0.6) is 0 Å². The molecule has 0 aromatic heterocycles. The number of nitrogens with zero attached hydrogens (tertiary/aromatic N) is 1. The van der Waals surface area contributed by atoms with Crippen LogP contribution in [0, 0.1) is 5.92 Å². The van der Waals surface area contributed by atoms with Gasteiger partial charge in [0.25, 0.3) is 0 Å². The van der Waals surface area contributed by atoms with E-state index in [4.69, 9.17) is 14.2 Å². The molecule has 0 unspecified atom stereocenters. The van der Waals surface area contributed by atoms with E-state index in [1.54, 1.807) is 20.8 Å². The lowest BCUT2D eigenvalue weighted by Gasteiger charge is -2.17. The smallest absolute Gasteiger partial charge is 0.355 e. The Balaban J connectivity index is 2.93. The summed E-state index contributed by atoms with van der Waals surface area (Å²) < 4.78 is 14.5. The van der Waals surface area contributed by atoms with Gasteiger partial charge in [-0.25, -0.2) is 9.59 Å². The molecule has 1 rings (SSSR count). The van der Waals surface area contributed by atoms with E-state index in [0.29, 0.717) is 0 Å². The molecule has 0 spiro atoms. The molecule has 1 aliphatic rings. The number of esters is 3. The maximum Gasteiger partial charge on any atom is 0.355 e. The first-order valence-corrected chi connectivity index (χ1v) is 6.40. The van der Waals surface area contributed by atoms with Crippen molar-refractivity contribution in [2.75, 3.05) is 19.8 Å². The van der Waals surface area contributed by atoms with Crippen molar-refractivity contribution >= 4 is 23.6 Å². The summed E-state index contributed by atoms with van der Waals surface area (Å²) in [5.74, 6) is -3.31. The molecule has 8 nitrogen and oxygen atoms in total. The SMILES string of the molecule is CCOC(=O)C1=NN[C@@H](C(=O)OCC)[C@@H]1C(=O)OCC. The highest BCUT2D eigenvalue weighted by Crippen LogP contribution is 2.18. The lowest BCUT2D eigenvalue weighted by atomic mass is 9.96. The minimum absolute atomic E-state index is 0.126. The molecule has 1 N–H and O–H groups in total. The third-order valence-electron chi connectivity index (χ3n) is 2.52. The monoisotopic (exact) mass is 286 g/mol. The Morgan fingerprint density at radius 2 is 1.55 bits per heavy atom. The van der Waals surface area contributed by atoms with Crippen molar-refractivity contribution in [2.24, 2.45) is 11.0 Å². The summed E-state index contributed by atoms with van der Waals surface area (Å²) in [7, 11) is 0. The summed E-state index contributed by atoms with van der Waals surface area (Å²) in [5.41, 5.74) is 2.25. The molecule has 0 amide bonds. The van der Waals surface area contributed by atoms with Gasteiger partial charge in [0.15, 0.2) is 11.8 Å². The largest absolute Gasteiger partial charge is 0.465 e. The van der Waals surface area contributed by atoms with Gasteiger partial charge in [0.1, 0.15) is 5.92 Å². The number of hydrazone groups is 1. The van der Waals surface area contributed by atoms with E-state index in [1.807, 2.05) is 0 Å². The molecule has 0 saturated heterocycles. The lowest BCUT2D eigenvalue weighted by molar-refractivity contribution is -0.154. The van der Waals surface area contributed by atoms with Gasteiger partial charge < -0.3 is 14.2 Å². The van der Waals surface area contributed by atoms with Crippen molar-refractivity contribution in [3.8, 4) is 0 Å². The molecule has 0 aliphatic carbocycles. The molecule has 8 heteroatoms. The van der Waals surface area contributed by atoms with Crippen LogP contribution in [0.4, 0.5) is 0 Å². The van der Waals surface area contributed by atoms with E-state index in [0.717, 1.165) is 0 Å². The van der Waals surface area contributed by atoms with Crippen molar-refractivity contribution in [1.29, 1.82) is 0 Å². The lowest BCUT2D eigenvalue weighted by Crippen LogP contribution is -2.45. The maximum absolute atomic E-state index is 11.9. The number of hydrogen-bond donors (Lipinski definition) is 1. The number of rotatable bonds is 6. The third-order valence-corrected chi connectivity index (χ3v) is 2.52. The zero-order chi connectivity index (χ0) is 15.1. The predicted octanol–water partition coefficient (Wildman–Crippen LogP) is -0.380. The minimum atomic E-state index is -1.16. The van der Waals surface area contributed by atoms with Gasteiger partial charge in [0.05, 0.1) is 19.8 Å². The molecule has 2 atom stereocenters. The fraction of sp³-hybridized carbons (Fsp3) is 0.667. The second-order valence-electron chi connectivity index (χ2n) is 3.81.